The molecule has 0 aliphatic carbocycles. The van der Waals surface area contributed by atoms with E-state index in [0.717, 1.165) is 0 Å². The van der Waals surface area contributed by atoms with Crippen LogP contribution in [0.15, 0.2) is 48.7 Å². The van der Waals surface area contributed by atoms with Crippen LogP contribution in [0.5, 0.6) is 11.5 Å². The van der Waals surface area contributed by atoms with E-state index in [9.17, 15) is 0 Å². The molecule has 0 bridgehead atoms. The van der Waals surface area contributed by atoms with E-state index in [1.54, 1.807) is 12.1 Å². The van der Waals surface area contributed by atoms with Crippen LogP contribution in [0.2, 0.25) is 15.1 Å². The highest BCUT2D eigenvalue weighted by molar-refractivity contribution is 6.48. The topological polar surface area (TPSA) is 22.1 Å². The van der Waals surface area contributed by atoms with E-state index < -0.39 is 0 Å². The second-order valence-corrected chi connectivity index (χ2v) is 5.30. The number of benzene rings is 2. The number of halogens is 3. The third-order valence-electron chi connectivity index (χ3n) is 2.80. The molecule has 0 aliphatic rings. The van der Waals surface area contributed by atoms with E-state index in [0.29, 0.717) is 37.5 Å². The van der Waals surface area contributed by atoms with Crippen molar-refractivity contribution in [2.45, 2.75) is 0 Å². The van der Waals surface area contributed by atoms with Crippen LogP contribution in [0.25, 0.3) is 10.9 Å². The van der Waals surface area contributed by atoms with Crippen molar-refractivity contribution < 1.29 is 4.74 Å². The van der Waals surface area contributed by atoms with Gasteiger partial charge in [-0.1, -0.05) is 53.0 Å². The van der Waals surface area contributed by atoms with Crippen LogP contribution in [0.3, 0.4) is 0 Å². The zero-order valence-corrected chi connectivity index (χ0v) is 12.4. The molecule has 0 aliphatic heterocycles. The minimum absolute atomic E-state index is 0.359. The van der Waals surface area contributed by atoms with Gasteiger partial charge >= 0.3 is 0 Å². The maximum atomic E-state index is 6.19. The summed E-state index contributed by atoms with van der Waals surface area (Å²) in [7, 11) is 0. The summed E-state index contributed by atoms with van der Waals surface area (Å²) in [5.41, 5.74) is 0.579. The van der Waals surface area contributed by atoms with E-state index in [2.05, 4.69) is 4.98 Å². The van der Waals surface area contributed by atoms with Crippen LogP contribution in [-0.2, 0) is 0 Å². The molecule has 0 saturated carbocycles. The number of nitrogens with zero attached hydrogens (tertiary/aromatic N) is 1. The van der Waals surface area contributed by atoms with Crippen molar-refractivity contribution in [3.63, 3.8) is 0 Å². The Kier molecular flexibility index (Phi) is 3.70. The molecular weight excluding hydrogens is 317 g/mol. The summed E-state index contributed by atoms with van der Waals surface area (Å²) in [6.45, 7) is 0. The molecule has 0 radical (unpaired) electrons. The third-order valence-corrected chi connectivity index (χ3v) is 3.89. The molecule has 0 saturated heterocycles. The molecule has 20 heavy (non-hydrogen) atoms. The van der Waals surface area contributed by atoms with Crippen molar-refractivity contribution in [1.29, 1.82) is 0 Å². The minimum Gasteiger partial charge on any atom is -0.455 e. The van der Waals surface area contributed by atoms with Gasteiger partial charge in [0.1, 0.15) is 11.3 Å². The van der Waals surface area contributed by atoms with E-state index in [1.165, 1.54) is 6.20 Å². The Balaban J connectivity index is 2.18. The van der Waals surface area contributed by atoms with E-state index in [1.807, 2.05) is 30.3 Å². The molecule has 0 fully saturated rings. The Morgan fingerprint density at radius 3 is 2.35 bits per heavy atom. The van der Waals surface area contributed by atoms with E-state index in [4.69, 9.17) is 39.5 Å². The van der Waals surface area contributed by atoms with Gasteiger partial charge in [0.2, 0.25) is 0 Å². The lowest BCUT2D eigenvalue weighted by Gasteiger charge is -2.10. The van der Waals surface area contributed by atoms with Crippen LogP contribution >= 0.6 is 34.8 Å². The maximum absolute atomic E-state index is 6.19. The maximum Gasteiger partial charge on any atom is 0.153 e. The Bertz CT molecular complexity index is 775. The summed E-state index contributed by atoms with van der Waals surface area (Å²) in [6.07, 6.45) is 1.49. The Labute approximate surface area is 130 Å². The van der Waals surface area contributed by atoms with Gasteiger partial charge in [-0.15, -0.1) is 0 Å². The standard InChI is InChI=1S/C15H8Cl3NO/c16-10-6-7-12(20-9-4-2-1-3-5-9)15-13(10)14(18)11(17)8-19-15/h1-8H. The number of hydrogen-bond donors (Lipinski definition) is 0. The second-order valence-electron chi connectivity index (χ2n) is 4.10. The number of pyridine rings is 1. The van der Waals surface area contributed by atoms with Gasteiger partial charge in [-0.05, 0) is 24.3 Å². The predicted octanol–water partition coefficient (Wildman–Crippen LogP) is 5.99. The van der Waals surface area contributed by atoms with Gasteiger partial charge in [0.05, 0.1) is 15.1 Å². The predicted molar refractivity (Wildman–Crippen MR) is 83.3 cm³/mol. The summed E-state index contributed by atoms with van der Waals surface area (Å²) in [5, 5.41) is 1.81. The minimum atomic E-state index is 0.359. The summed E-state index contributed by atoms with van der Waals surface area (Å²) in [5.74, 6) is 1.29. The lowest BCUT2D eigenvalue weighted by molar-refractivity contribution is 0.487. The molecule has 3 rings (SSSR count). The fourth-order valence-electron chi connectivity index (χ4n) is 1.88. The molecule has 100 valence electrons. The molecule has 0 unspecified atom stereocenters. The van der Waals surface area contributed by atoms with Crippen molar-refractivity contribution in [3.05, 3.63) is 63.7 Å². The van der Waals surface area contributed by atoms with Gasteiger partial charge in [-0.3, -0.25) is 4.98 Å². The third kappa shape index (κ3) is 2.42. The lowest BCUT2D eigenvalue weighted by atomic mass is 10.2. The average Bonchev–Trinajstić information content (AvgIpc) is 2.46. The van der Waals surface area contributed by atoms with Crippen LogP contribution in [0.4, 0.5) is 0 Å². The summed E-state index contributed by atoms with van der Waals surface area (Å²) < 4.78 is 5.82. The lowest BCUT2D eigenvalue weighted by Crippen LogP contribution is -1.89. The van der Waals surface area contributed by atoms with Crippen LogP contribution in [-0.4, -0.2) is 4.98 Å². The van der Waals surface area contributed by atoms with Gasteiger partial charge in [0.15, 0.2) is 5.75 Å². The molecule has 0 N–H and O–H groups in total. The normalized spacial score (nSPS) is 10.8. The summed E-state index contributed by atoms with van der Waals surface area (Å²) in [4.78, 5) is 4.27. The highest BCUT2D eigenvalue weighted by atomic mass is 35.5. The van der Waals surface area contributed by atoms with Crippen LogP contribution < -0.4 is 4.74 Å². The first kappa shape index (κ1) is 13.5. The molecule has 0 spiro atoms. The molecule has 1 heterocycles. The zero-order valence-electron chi connectivity index (χ0n) is 10.1. The number of aromatic nitrogens is 1. The Morgan fingerprint density at radius 1 is 0.850 bits per heavy atom. The highest BCUT2D eigenvalue weighted by Gasteiger charge is 2.13. The van der Waals surface area contributed by atoms with Crippen molar-refractivity contribution >= 4 is 45.7 Å². The van der Waals surface area contributed by atoms with Crippen LogP contribution in [0.1, 0.15) is 0 Å². The van der Waals surface area contributed by atoms with Crippen molar-refractivity contribution in [2.24, 2.45) is 0 Å². The quantitative estimate of drug-likeness (QED) is 0.578. The number of fused-ring (bicyclic) bond motifs is 1. The van der Waals surface area contributed by atoms with Crippen LogP contribution in [0, 0.1) is 0 Å². The first-order valence-corrected chi connectivity index (χ1v) is 6.95. The number of hydrogen-bond acceptors (Lipinski definition) is 2. The van der Waals surface area contributed by atoms with Crippen molar-refractivity contribution in [3.8, 4) is 11.5 Å². The number of rotatable bonds is 2. The fraction of sp³-hybridized carbons (Fsp3) is 0. The fourth-order valence-corrected chi connectivity index (χ4v) is 2.56. The second kappa shape index (κ2) is 5.49. The molecule has 2 aromatic carbocycles. The van der Waals surface area contributed by atoms with Crippen molar-refractivity contribution in [2.75, 3.05) is 0 Å². The molecule has 0 amide bonds. The SMILES string of the molecule is Clc1cnc2c(Oc3ccccc3)ccc(Cl)c2c1Cl. The Morgan fingerprint density at radius 2 is 1.60 bits per heavy atom. The summed E-state index contributed by atoms with van der Waals surface area (Å²) in [6, 6.07) is 12.9. The first-order valence-electron chi connectivity index (χ1n) is 5.82. The zero-order chi connectivity index (χ0) is 14.1. The largest absolute Gasteiger partial charge is 0.455 e. The van der Waals surface area contributed by atoms with Gasteiger partial charge < -0.3 is 4.74 Å². The monoisotopic (exact) mass is 323 g/mol. The molecule has 5 heteroatoms. The number of para-hydroxylation sites is 1. The molecule has 1 aromatic heterocycles. The molecular formula is C15H8Cl3NO. The first-order chi connectivity index (χ1) is 9.66. The smallest absolute Gasteiger partial charge is 0.153 e. The summed E-state index contributed by atoms with van der Waals surface area (Å²) >= 11 is 18.3. The van der Waals surface area contributed by atoms with Gasteiger partial charge in [0, 0.05) is 11.6 Å². The van der Waals surface area contributed by atoms with Crippen molar-refractivity contribution in [1.82, 2.24) is 4.98 Å². The van der Waals surface area contributed by atoms with Gasteiger partial charge in [-0.2, -0.15) is 0 Å². The van der Waals surface area contributed by atoms with Gasteiger partial charge in [-0.25, -0.2) is 0 Å². The molecule has 0 atom stereocenters. The number of ether oxygens (including phenoxy) is 1. The van der Waals surface area contributed by atoms with Gasteiger partial charge in [0.25, 0.3) is 0 Å². The Hall–Kier alpha value is -1.48. The molecule has 2 nitrogen and oxygen atoms in total. The van der Waals surface area contributed by atoms with E-state index in [-0.39, 0.29) is 0 Å². The van der Waals surface area contributed by atoms with E-state index >= 15 is 0 Å². The average molecular weight is 325 g/mol. The highest BCUT2D eigenvalue weighted by Crippen LogP contribution is 2.39. The molecule has 3 aromatic rings.